The van der Waals surface area contributed by atoms with Gasteiger partial charge >= 0.3 is 0 Å². The molecule has 66 valence electrons. The summed E-state index contributed by atoms with van der Waals surface area (Å²) in [5.74, 6) is -0.0174. The van der Waals surface area contributed by atoms with Crippen molar-refractivity contribution in [1.82, 2.24) is 15.1 Å². The third-order valence-corrected chi connectivity index (χ3v) is 2.02. The molecule has 0 spiro atoms. The second kappa shape index (κ2) is 4.25. The molecule has 1 heterocycles. The predicted molar refractivity (Wildman–Crippen MR) is 48.8 cm³/mol. The quantitative estimate of drug-likeness (QED) is 0.768. The number of alkyl halides is 1. The molecule has 0 radical (unpaired) electrons. The molecule has 0 saturated carbocycles. The Balaban J connectivity index is 2.43. The SMILES string of the molecule is Cn1nccc1CNC(=O)CBr. The summed E-state index contributed by atoms with van der Waals surface area (Å²) in [5.41, 5.74) is 0.990. The fourth-order valence-electron chi connectivity index (χ4n) is 0.811. The average molecular weight is 232 g/mol. The predicted octanol–water partition coefficient (Wildman–Crippen LogP) is 0.431. The minimum Gasteiger partial charge on any atom is -0.350 e. The summed E-state index contributed by atoms with van der Waals surface area (Å²) >= 11 is 3.06. The van der Waals surface area contributed by atoms with E-state index in [-0.39, 0.29) is 5.91 Å². The van der Waals surface area contributed by atoms with Crippen LogP contribution >= 0.6 is 15.9 Å². The zero-order chi connectivity index (χ0) is 8.97. The van der Waals surface area contributed by atoms with Crippen molar-refractivity contribution in [2.24, 2.45) is 7.05 Å². The van der Waals surface area contributed by atoms with Crippen LogP contribution in [0.1, 0.15) is 5.69 Å². The Kier molecular flexibility index (Phi) is 3.28. The van der Waals surface area contributed by atoms with Gasteiger partial charge in [0.25, 0.3) is 0 Å². The highest BCUT2D eigenvalue weighted by molar-refractivity contribution is 9.09. The van der Waals surface area contributed by atoms with Crippen molar-refractivity contribution in [3.05, 3.63) is 18.0 Å². The lowest BCUT2D eigenvalue weighted by molar-refractivity contribution is -0.118. The number of aromatic nitrogens is 2. The third kappa shape index (κ3) is 2.34. The van der Waals surface area contributed by atoms with E-state index in [2.05, 4.69) is 26.3 Å². The monoisotopic (exact) mass is 231 g/mol. The number of nitrogens with zero attached hydrogens (tertiary/aromatic N) is 2. The summed E-state index contributed by atoms with van der Waals surface area (Å²) in [5, 5.41) is 7.04. The molecule has 0 aliphatic carbocycles. The van der Waals surface area contributed by atoms with Crippen molar-refractivity contribution in [1.29, 1.82) is 0 Å². The van der Waals surface area contributed by atoms with E-state index in [0.29, 0.717) is 11.9 Å². The van der Waals surface area contributed by atoms with Gasteiger partial charge in [0, 0.05) is 13.2 Å². The Morgan fingerprint density at radius 3 is 3.08 bits per heavy atom. The van der Waals surface area contributed by atoms with Crippen LogP contribution < -0.4 is 5.32 Å². The largest absolute Gasteiger partial charge is 0.350 e. The van der Waals surface area contributed by atoms with Crippen LogP contribution in [-0.4, -0.2) is 21.0 Å². The molecule has 0 bridgehead atoms. The van der Waals surface area contributed by atoms with Crippen molar-refractivity contribution < 1.29 is 4.79 Å². The lowest BCUT2D eigenvalue weighted by Gasteiger charge is -2.02. The maximum Gasteiger partial charge on any atom is 0.230 e. The van der Waals surface area contributed by atoms with E-state index in [1.54, 1.807) is 10.9 Å². The first-order valence-electron chi connectivity index (χ1n) is 3.53. The first kappa shape index (κ1) is 9.25. The molecule has 1 N–H and O–H groups in total. The Morgan fingerprint density at radius 1 is 1.83 bits per heavy atom. The molecular formula is C7H10BrN3O. The minimum absolute atomic E-state index is 0.0174. The highest BCUT2D eigenvalue weighted by Gasteiger charge is 2.00. The van der Waals surface area contributed by atoms with Crippen LogP contribution in [0.3, 0.4) is 0 Å². The molecule has 0 unspecified atom stereocenters. The lowest BCUT2D eigenvalue weighted by Crippen LogP contribution is -2.24. The van der Waals surface area contributed by atoms with E-state index >= 15 is 0 Å². The summed E-state index contributed by atoms with van der Waals surface area (Å²) in [7, 11) is 1.84. The Labute approximate surface area is 79.1 Å². The number of amides is 1. The molecule has 0 aliphatic rings. The number of hydrogen-bond acceptors (Lipinski definition) is 2. The molecule has 1 aromatic heterocycles. The van der Waals surface area contributed by atoms with Crippen LogP contribution in [0.5, 0.6) is 0 Å². The van der Waals surface area contributed by atoms with Gasteiger partial charge in [0.15, 0.2) is 0 Å². The van der Waals surface area contributed by atoms with Crippen molar-refractivity contribution >= 4 is 21.8 Å². The fraction of sp³-hybridized carbons (Fsp3) is 0.429. The standard InChI is InChI=1S/C7H10BrN3O/c1-11-6(2-3-10-11)5-9-7(12)4-8/h2-3H,4-5H2,1H3,(H,9,12). The van der Waals surface area contributed by atoms with Crippen LogP contribution in [0.15, 0.2) is 12.3 Å². The number of halogens is 1. The van der Waals surface area contributed by atoms with Crippen molar-refractivity contribution in [3.63, 3.8) is 0 Å². The van der Waals surface area contributed by atoms with Crippen molar-refractivity contribution in [3.8, 4) is 0 Å². The fourth-order valence-corrected chi connectivity index (χ4v) is 1.01. The van der Waals surface area contributed by atoms with Crippen LogP contribution in [0, 0.1) is 0 Å². The van der Waals surface area contributed by atoms with Gasteiger partial charge in [-0.25, -0.2) is 0 Å². The molecule has 5 heteroatoms. The number of hydrogen-bond donors (Lipinski definition) is 1. The molecule has 0 atom stereocenters. The van der Waals surface area contributed by atoms with Crippen LogP contribution in [0.25, 0.3) is 0 Å². The molecule has 0 aliphatic heterocycles. The van der Waals surface area contributed by atoms with E-state index in [4.69, 9.17) is 0 Å². The summed E-state index contributed by atoms with van der Waals surface area (Å²) in [4.78, 5) is 10.8. The average Bonchev–Trinajstić information content (AvgIpc) is 2.47. The Morgan fingerprint density at radius 2 is 2.58 bits per heavy atom. The first-order chi connectivity index (χ1) is 5.74. The first-order valence-corrected chi connectivity index (χ1v) is 4.65. The Bertz CT molecular complexity index is 271. The number of carbonyl (C=O) groups excluding carboxylic acids is 1. The van der Waals surface area contributed by atoms with E-state index in [0.717, 1.165) is 5.69 Å². The summed E-state index contributed by atoms with van der Waals surface area (Å²) in [6.07, 6.45) is 1.70. The van der Waals surface area contributed by atoms with Gasteiger partial charge in [-0.15, -0.1) is 0 Å². The highest BCUT2D eigenvalue weighted by Crippen LogP contribution is 1.94. The van der Waals surface area contributed by atoms with Crippen LogP contribution in [0.4, 0.5) is 0 Å². The molecule has 1 amide bonds. The van der Waals surface area contributed by atoms with E-state index < -0.39 is 0 Å². The normalized spacial score (nSPS) is 9.83. The van der Waals surface area contributed by atoms with Gasteiger partial charge in [-0.2, -0.15) is 5.10 Å². The van der Waals surface area contributed by atoms with Gasteiger partial charge in [-0.3, -0.25) is 9.48 Å². The maximum atomic E-state index is 10.8. The maximum absolute atomic E-state index is 10.8. The topological polar surface area (TPSA) is 46.9 Å². The van der Waals surface area contributed by atoms with E-state index in [1.807, 2.05) is 13.1 Å². The highest BCUT2D eigenvalue weighted by atomic mass is 79.9. The second-order valence-corrected chi connectivity index (χ2v) is 2.92. The van der Waals surface area contributed by atoms with Crippen LogP contribution in [-0.2, 0) is 18.4 Å². The van der Waals surface area contributed by atoms with Crippen molar-refractivity contribution in [2.75, 3.05) is 5.33 Å². The number of nitrogens with one attached hydrogen (secondary N) is 1. The van der Waals surface area contributed by atoms with E-state index in [1.165, 1.54) is 0 Å². The number of rotatable bonds is 3. The smallest absolute Gasteiger partial charge is 0.230 e. The molecule has 1 rings (SSSR count). The van der Waals surface area contributed by atoms with E-state index in [9.17, 15) is 4.79 Å². The van der Waals surface area contributed by atoms with Gasteiger partial charge in [0.05, 0.1) is 17.6 Å². The van der Waals surface area contributed by atoms with Crippen LogP contribution in [0.2, 0.25) is 0 Å². The minimum atomic E-state index is -0.0174. The molecule has 0 aromatic carbocycles. The van der Waals surface area contributed by atoms with Gasteiger partial charge in [0.1, 0.15) is 0 Å². The zero-order valence-corrected chi connectivity index (χ0v) is 8.34. The zero-order valence-electron chi connectivity index (χ0n) is 6.75. The third-order valence-electron chi connectivity index (χ3n) is 1.51. The number of carbonyl (C=O) groups is 1. The Hall–Kier alpha value is -0.840. The number of aryl methyl sites for hydroxylation is 1. The molecule has 4 nitrogen and oxygen atoms in total. The van der Waals surface area contributed by atoms with Gasteiger partial charge < -0.3 is 5.32 Å². The molecule has 0 fully saturated rings. The summed E-state index contributed by atoms with van der Waals surface area (Å²) < 4.78 is 1.73. The summed E-state index contributed by atoms with van der Waals surface area (Å²) in [6, 6.07) is 1.87. The summed E-state index contributed by atoms with van der Waals surface area (Å²) in [6.45, 7) is 0.529. The second-order valence-electron chi connectivity index (χ2n) is 2.36. The molecule has 1 aromatic rings. The van der Waals surface area contributed by atoms with Gasteiger partial charge in [0.2, 0.25) is 5.91 Å². The van der Waals surface area contributed by atoms with Crippen molar-refractivity contribution in [2.45, 2.75) is 6.54 Å². The lowest BCUT2D eigenvalue weighted by atomic mass is 10.4. The molecule has 12 heavy (non-hydrogen) atoms. The van der Waals surface area contributed by atoms with Gasteiger partial charge in [-0.1, -0.05) is 15.9 Å². The molecule has 0 saturated heterocycles. The van der Waals surface area contributed by atoms with Gasteiger partial charge in [-0.05, 0) is 6.07 Å². The molecular weight excluding hydrogens is 222 g/mol.